The van der Waals surface area contributed by atoms with E-state index in [2.05, 4.69) is 27.4 Å². The first-order valence-electron chi connectivity index (χ1n) is 9.34. The third-order valence-corrected chi connectivity index (χ3v) is 5.54. The largest absolute Gasteiger partial charge is 0.398 e. The molecular formula is C22H18N6O. The highest BCUT2D eigenvalue weighted by Gasteiger charge is 2.43. The molecule has 0 bridgehead atoms. The Kier molecular flexibility index (Phi) is 3.74. The third-order valence-electron chi connectivity index (χ3n) is 5.54. The second-order valence-electron chi connectivity index (χ2n) is 7.47. The number of nitrogens with two attached hydrogens (primary N) is 1. The Hall–Kier alpha value is -3.92. The molecule has 3 heterocycles. The van der Waals surface area contributed by atoms with Crippen LogP contribution in [0.3, 0.4) is 0 Å². The second-order valence-corrected chi connectivity index (χ2v) is 7.47. The van der Waals surface area contributed by atoms with Crippen molar-refractivity contribution in [3.05, 3.63) is 49.1 Å². The molecule has 0 unspecified atom stereocenters. The van der Waals surface area contributed by atoms with Crippen LogP contribution >= 0.6 is 0 Å². The molecule has 3 aromatic heterocycles. The minimum Gasteiger partial charge on any atom is -0.398 e. The number of hydrogen-bond donors (Lipinski definition) is 2. The van der Waals surface area contributed by atoms with E-state index in [1.165, 1.54) is 0 Å². The van der Waals surface area contributed by atoms with Gasteiger partial charge in [-0.2, -0.15) is 5.26 Å². The Morgan fingerprint density at radius 3 is 2.93 bits per heavy atom. The molecule has 1 fully saturated rings. The van der Waals surface area contributed by atoms with E-state index in [9.17, 15) is 4.79 Å². The summed E-state index contributed by atoms with van der Waals surface area (Å²) in [5.41, 5.74) is 9.90. The molecule has 1 aliphatic rings. The molecule has 0 radical (unpaired) electrons. The van der Waals surface area contributed by atoms with Gasteiger partial charge in [-0.15, -0.1) is 0 Å². The zero-order valence-corrected chi connectivity index (χ0v) is 15.8. The van der Waals surface area contributed by atoms with Crippen molar-refractivity contribution in [2.24, 2.45) is 18.9 Å². The quantitative estimate of drug-likeness (QED) is 0.527. The van der Waals surface area contributed by atoms with Crippen LogP contribution in [0, 0.1) is 23.2 Å². The lowest BCUT2D eigenvalue weighted by Gasteiger charge is -2.10. The van der Waals surface area contributed by atoms with Gasteiger partial charge >= 0.3 is 0 Å². The summed E-state index contributed by atoms with van der Waals surface area (Å²) in [6.45, 7) is 0. The molecule has 7 nitrogen and oxygen atoms in total. The number of aromatic nitrogens is 3. The molecule has 4 aromatic rings. The van der Waals surface area contributed by atoms with E-state index in [1.807, 2.05) is 48.4 Å². The van der Waals surface area contributed by atoms with Crippen molar-refractivity contribution in [3.63, 3.8) is 0 Å². The number of nitrogens with one attached hydrogen (secondary N) is 1. The fourth-order valence-corrected chi connectivity index (χ4v) is 3.77. The summed E-state index contributed by atoms with van der Waals surface area (Å²) in [7, 11) is 1.99. The number of carbonyl (C=O) groups excluding carboxylic acids is 1. The van der Waals surface area contributed by atoms with Gasteiger partial charge in [0.25, 0.3) is 0 Å². The number of aryl methyl sites for hydroxylation is 1. The summed E-state index contributed by atoms with van der Waals surface area (Å²) in [6.07, 6.45) is 7.96. The van der Waals surface area contributed by atoms with Crippen molar-refractivity contribution in [2.75, 3.05) is 11.1 Å². The van der Waals surface area contributed by atoms with E-state index in [4.69, 9.17) is 11.0 Å². The molecular weight excluding hydrogens is 364 g/mol. The van der Waals surface area contributed by atoms with Crippen molar-refractivity contribution < 1.29 is 4.79 Å². The van der Waals surface area contributed by atoms with Gasteiger partial charge in [-0.3, -0.25) is 9.78 Å². The Labute approximate surface area is 166 Å². The predicted octanol–water partition coefficient (Wildman–Crippen LogP) is 3.47. The van der Waals surface area contributed by atoms with Crippen molar-refractivity contribution in [3.8, 4) is 17.2 Å². The Morgan fingerprint density at radius 1 is 1.28 bits per heavy atom. The summed E-state index contributed by atoms with van der Waals surface area (Å²) in [6, 6.07) is 9.96. The Bertz CT molecular complexity index is 1330. The summed E-state index contributed by atoms with van der Waals surface area (Å²) >= 11 is 0. The molecule has 5 rings (SSSR count). The van der Waals surface area contributed by atoms with E-state index in [-0.39, 0.29) is 17.7 Å². The molecule has 1 amide bonds. The van der Waals surface area contributed by atoms with Crippen LogP contribution in [0.25, 0.3) is 32.8 Å². The van der Waals surface area contributed by atoms with Gasteiger partial charge in [0, 0.05) is 47.7 Å². The number of anilines is 2. The first-order valence-corrected chi connectivity index (χ1v) is 9.34. The fourth-order valence-electron chi connectivity index (χ4n) is 3.77. The molecule has 0 saturated heterocycles. The van der Waals surface area contributed by atoms with Gasteiger partial charge in [-0.25, -0.2) is 4.98 Å². The minimum atomic E-state index is -0.240. The number of nitrogens with zero attached hydrogens (tertiary/aromatic N) is 4. The first kappa shape index (κ1) is 17.2. The maximum atomic E-state index is 12.2. The highest BCUT2D eigenvalue weighted by Crippen LogP contribution is 2.39. The molecule has 1 aromatic carbocycles. The summed E-state index contributed by atoms with van der Waals surface area (Å²) in [4.78, 5) is 20.9. The van der Waals surface area contributed by atoms with E-state index < -0.39 is 0 Å². The lowest BCUT2D eigenvalue weighted by atomic mass is 10.00. The van der Waals surface area contributed by atoms with Crippen molar-refractivity contribution >= 4 is 39.1 Å². The number of nitrogen functional groups attached to an aromatic ring is 1. The molecule has 29 heavy (non-hydrogen) atoms. The minimum absolute atomic E-state index is 0.161. The molecule has 2 atom stereocenters. The van der Waals surface area contributed by atoms with E-state index in [1.54, 1.807) is 6.20 Å². The number of pyridine rings is 2. The van der Waals surface area contributed by atoms with Gasteiger partial charge in [0.2, 0.25) is 5.91 Å². The normalized spacial score (nSPS) is 17.9. The maximum Gasteiger partial charge on any atom is 0.230 e. The zero-order valence-electron chi connectivity index (χ0n) is 15.8. The lowest BCUT2D eigenvalue weighted by molar-refractivity contribution is -0.117. The number of rotatable bonds is 3. The second kappa shape index (κ2) is 6.31. The van der Waals surface area contributed by atoms with Crippen LogP contribution in [0.2, 0.25) is 0 Å². The number of carbonyl (C=O) groups is 1. The van der Waals surface area contributed by atoms with Gasteiger partial charge < -0.3 is 15.6 Å². The SMILES string of the molecule is Cn1ccc2c(-c3cc(N)c4cnc(NC(=O)[C@@H]5C[C@H]5C#N)cc4c3)cncc21. The molecule has 142 valence electrons. The van der Waals surface area contributed by atoms with Crippen molar-refractivity contribution in [1.29, 1.82) is 5.26 Å². The van der Waals surface area contributed by atoms with Crippen molar-refractivity contribution in [2.45, 2.75) is 6.42 Å². The molecule has 7 heteroatoms. The molecule has 1 saturated carbocycles. The topological polar surface area (TPSA) is 110 Å². The van der Waals surface area contributed by atoms with E-state index >= 15 is 0 Å². The van der Waals surface area contributed by atoms with Crippen LogP contribution in [-0.2, 0) is 11.8 Å². The van der Waals surface area contributed by atoms with E-state index in [0.29, 0.717) is 17.9 Å². The highest BCUT2D eigenvalue weighted by molar-refractivity contribution is 6.03. The van der Waals surface area contributed by atoms with Gasteiger partial charge in [0.15, 0.2) is 0 Å². The van der Waals surface area contributed by atoms with Crippen LogP contribution in [0.4, 0.5) is 11.5 Å². The predicted molar refractivity (Wildman–Crippen MR) is 112 cm³/mol. The third kappa shape index (κ3) is 2.86. The van der Waals surface area contributed by atoms with Crippen LogP contribution < -0.4 is 11.1 Å². The number of amides is 1. The average Bonchev–Trinajstić information content (AvgIpc) is 3.43. The van der Waals surface area contributed by atoms with E-state index in [0.717, 1.165) is 32.8 Å². The molecule has 3 N–H and O–H groups in total. The summed E-state index contributed by atoms with van der Waals surface area (Å²) in [5.74, 6) is -0.128. The maximum absolute atomic E-state index is 12.2. The number of fused-ring (bicyclic) bond motifs is 2. The molecule has 1 aliphatic carbocycles. The highest BCUT2D eigenvalue weighted by atomic mass is 16.2. The fraction of sp³-hybridized carbons (Fsp3) is 0.182. The van der Waals surface area contributed by atoms with Crippen LogP contribution in [0.15, 0.2) is 49.1 Å². The number of benzene rings is 1. The lowest BCUT2D eigenvalue weighted by Crippen LogP contribution is -2.15. The standard InChI is InChI=1S/C22H18N6O/c1-28-3-2-15-17(9-25-11-20(15)28)12-4-13-7-21(26-10-18(13)19(24)6-12)27-22(29)16-5-14(16)8-23/h2-4,6-7,9-11,14,16H,5,24H2,1H3,(H,26,27,29)/t14-,16+/m0/s1. The Balaban J connectivity index is 1.56. The Morgan fingerprint density at radius 2 is 2.14 bits per heavy atom. The first-order chi connectivity index (χ1) is 14.0. The van der Waals surface area contributed by atoms with Gasteiger partial charge in [0.05, 0.1) is 29.6 Å². The van der Waals surface area contributed by atoms with Crippen LogP contribution in [0.1, 0.15) is 6.42 Å². The number of nitriles is 1. The van der Waals surface area contributed by atoms with Crippen molar-refractivity contribution in [1.82, 2.24) is 14.5 Å². The van der Waals surface area contributed by atoms with Crippen LogP contribution in [0.5, 0.6) is 0 Å². The average molecular weight is 382 g/mol. The number of hydrogen-bond acceptors (Lipinski definition) is 5. The van der Waals surface area contributed by atoms with Gasteiger partial charge in [-0.05, 0) is 41.6 Å². The molecule has 0 spiro atoms. The smallest absolute Gasteiger partial charge is 0.230 e. The summed E-state index contributed by atoms with van der Waals surface area (Å²) < 4.78 is 2.03. The van der Waals surface area contributed by atoms with Crippen LogP contribution in [-0.4, -0.2) is 20.4 Å². The monoisotopic (exact) mass is 382 g/mol. The molecule has 0 aliphatic heterocycles. The summed E-state index contributed by atoms with van der Waals surface area (Å²) in [5, 5.41) is 14.5. The zero-order chi connectivity index (χ0) is 20.1. The van der Waals surface area contributed by atoms with Gasteiger partial charge in [-0.1, -0.05) is 0 Å². The van der Waals surface area contributed by atoms with Gasteiger partial charge in [0.1, 0.15) is 5.82 Å².